The predicted molar refractivity (Wildman–Crippen MR) is 84.8 cm³/mol. The summed E-state index contributed by atoms with van der Waals surface area (Å²) in [7, 11) is 0. The molecule has 0 amide bonds. The Balaban J connectivity index is 1.65. The summed E-state index contributed by atoms with van der Waals surface area (Å²) in [6.07, 6.45) is 1.92. The Morgan fingerprint density at radius 2 is 1.57 bits per heavy atom. The standard InChI is InChI=1S/C17H15ClN2O/c18-16-14-10-4-5-11-15(14)17(20-19-16)21-12-6-9-13-7-2-1-3-8-13/h1-5,7-8,10-11H,6,9,12H2. The van der Waals surface area contributed by atoms with Gasteiger partial charge in [0.05, 0.1) is 6.61 Å². The lowest BCUT2D eigenvalue weighted by Crippen LogP contribution is -2.02. The van der Waals surface area contributed by atoms with Crippen LogP contribution in [0.15, 0.2) is 54.6 Å². The van der Waals surface area contributed by atoms with Gasteiger partial charge in [0, 0.05) is 10.8 Å². The molecule has 106 valence electrons. The molecule has 0 unspecified atom stereocenters. The lowest BCUT2D eigenvalue weighted by atomic mass is 10.1. The van der Waals surface area contributed by atoms with Crippen LogP contribution in [0.3, 0.4) is 0 Å². The monoisotopic (exact) mass is 298 g/mol. The molecule has 0 atom stereocenters. The summed E-state index contributed by atoms with van der Waals surface area (Å²) >= 11 is 6.04. The van der Waals surface area contributed by atoms with E-state index in [0.29, 0.717) is 17.6 Å². The van der Waals surface area contributed by atoms with E-state index in [0.717, 1.165) is 23.6 Å². The van der Waals surface area contributed by atoms with Gasteiger partial charge < -0.3 is 4.74 Å². The highest BCUT2D eigenvalue weighted by Gasteiger charge is 2.08. The summed E-state index contributed by atoms with van der Waals surface area (Å²) in [5, 5.41) is 10.2. The third-order valence-corrected chi connectivity index (χ3v) is 3.58. The van der Waals surface area contributed by atoms with Crippen LogP contribution in [0.5, 0.6) is 5.88 Å². The number of aryl methyl sites for hydroxylation is 1. The number of benzene rings is 2. The van der Waals surface area contributed by atoms with E-state index in [4.69, 9.17) is 16.3 Å². The fourth-order valence-corrected chi connectivity index (χ4v) is 2.45. The maximum Gasteiger partial charge on any atom is 0.241 e. The average molecular weight is 299 g/mol. The maximum atomic E-state index is 6.04. The maximum absolute atomic E-state index is 6.04. The number of nitrogens with zero attached hydrogens (tertiary/aromatic N) is 2. The first kappa shape index (κ1) is 13.8. The van der Waals surface area contributed by atoms with Crippen LogP contribution >= 0.6 is 11.6 Å². The highest BCUT2D eigenvalue weighted by atomic mass is 35.5. The van der Waals surface area contributed by atoms with E-state index in [1.54, 1.807) is 0 Å². The zero-order valence-electron chi connectivity index (χ0n) is 11.5. The van der Waals surface area contributed by atoms with Crippen molar-refractivity contribution in [2.24, 2.45) is 0 Å². The van der Waals surface area contributed by atoms with Crippen molar-refractivity contribution < 1.29 is 4.74 Å². The minimum absolute atomic E-state index is 0.405. The van der Waals surface area contributed by atoms with Crippen LogP contribution in [0.4, 0.5) is 0 Å². The van der Waals surface area contributed by atoms with Crippen molar-refractivity contribution in [3.8, 4) is 5.88 Å². The number of halogens is 1. The highest BCUT2D eigenvalue weighted by Crippen LogP contribution is 2.27. The second-order valence-corrected chi connectivity index (χ2v) is 5.14. The van der Waals surface area contributed by atoms with Crippen LogP contribution < -0.4 is 4.74 Å². The molecule has 1 aromatic heterocycles. The zero-order chi connectivity index (χ0) is 14.5. The molecule has 0 bridgehead atoms. The Morgan fingerprint density at radius 3 is 2.38 bits per heavy atom. The largest absolute Gasteiger partial charge is 0.476 e. The van der Waals surface area contributed by atoms with Gasteiger partial charge in [0.1, 0.15) is 0 Å². The fourth-order valence-electron chi connectivity index (χ4n) is 2.24. The fraction of sp³-hybridized carbons (Fsp3) is 0.176. The molecule has 0 saturated carbocycles. The molecule has 0 spiro atoms. The van der Waals surface area contributed by atoms with Crippen molar-refractivity contribution in [2.45, 2.75) is 12.8 Å². The van der Waals surface area contributed by atoms with Crippen molar-refractivity contribution in [3.05, 3.63) is 65.3 Å². The SMILES string of the molecule is Clc1nnc(OCCCc2ccccc2)c2ccccc12. The molecule has 0 aliphatic rings. The van der Waals surface area contributed by atoms with Crippen molar-refractivity contribution in [1.82, 2.24) is 10.2 Å². The molecule has 3 aromatic rings. The van der Waals surface area contributed by atoms with E-state index in [1.165, 1.54) is 5.56 Å². The molecule has 1 heterocycles. The molecule has 0 radical (unpaired) electrons. The Morgan fingerprint density at radius 1 is 0.857 bits per heavy atom. The van der Waals surface area contributed by atoms with Crippen LogP contribution in [0.1, 0.15) is 12.0 Å². The number of aromatic nitrogens is 2. The summed E-state index contributed by atoms with van der Waals surface area (Å²) in [6.45, 7) is 0.606. The van der Waals surface area contributed by atoms with Crippen LogP contribution in [-0.2, 0) is 6.42 Å². The van der Waals surface area contributed by atoms with Crippen LogP contribution in [0.25, 0.3) is 10.8 Å². The topological polar surface area (TPSA) is 35.0 Å². The van der Waals surface area contributed by atoms with Gasteiger partial charge in [-0.25, -0.2) is 0 Å². The molecule has 4 heteroatoms. The summed E-state index contributed by atoms with van der Waals surface area (Å²) in [6, 6.07) is 18.1. The quantitative estimate of drug-likeness (QED) is 0.659. The Bertz CT molecular complexity index is 731. The van der Waals surface area contributed by atoms with Crippen molar-refractivity contribution in [1.29, 1.82) is 0 Å². The molecule has 2 aromatic carbocycles. The van der Waals surface area contributed by atoms with Gasteiger partial charge in [0.25, 0.3) is 0 Å². The number of hydrogen-bond donors (Lipinski definition) is 0. The molecule has 21 heavy (non-hydrogen) atoms. The molecular weight excluding hydrogens is 284 g/mol. The third-order valence-electron chi connectivity index (χ3n) is 3.30. The minimum atomic E-state index is 0.405. The van der Waals surface area contributed by atoms with Crippen LogP contribution in [0, 0.1) is 0 Å². The molecule has 0 aliphatic carbocycles. The Kier molecular flexibility index (Phi) is 4.31. The average Bonchev–Trinajstić information content (AvgIpc) is 2.55. The Hall–Kier alpha value is -2.13. The van der Waals surface area contributed by atoms with Gasteiger partial charge in [0.2, 0.25) is 5.88 Å². The normalized spacial score (nSPS) is 10.7. The minimum Gasteiger partial charge on any atom is -0.476 e. The number of hydrogen-bond acceptors (Lipinski definition) is 3. The number of rotatable bonds is 5. The van der Waals surface area contributed by atoms with E-state index in [-0.39, 0.29) is 0 Å². The molecule has 0 N–H and O–H groups in total. The molecule has 0 saturated heterocycles. The second kappa shape index (κ2) is 6.55. The van der Waals surface area contributed by atoms with E-state index in [9.17, 15) is 0 Å². The smallest absolute Gasteiger partial charge is 0.241 e. The molecule has 3 rings (SSSR count). The lowest BCUT2D eigenvalue weighted by molar-refractivity contribution is 0.300. The first-order valence-corrected chi connectivity index (χ1v) is 7.30. The summed E-state index contributed by atoms with van der Waals surface area (Å²) in [4.78, 5) is 0. The van der Waals surface area contributed by atoms with E-state index >= 15 is 0 Å². The molecule has 0 aliphatic heterocycles. The zero-order valence-corrected chi connectivity index (χ0v) is 12.3. The van der Waals surface area contributed by atoms with Crippen LogP contribution in [0.2, 0.25) is 5.15 Å². The van der Waals surface area contributed by atoms with Gasteiger partial charge in [-0.2, -0.15) is 0 Å². The predicted octanol–water partition coefficient (Wildman–Crippen LogP) is 4.29. The lowest BCUT2D eigenvalue weighted by Gasteiger charge is -2.08. The van der Waals surface area contributed by atoms with Crippen molar-refractivity contribution in [3.63, 3.8) is 0 Å². The highest BCUT2D eigenvalue weighted by molar-refractivity contribution is 6.34. The number of fused-ring (bicyclic) bond motifs is 1. The first-order chi connectivity index (χ1) is 10.3. The molecule has 0 fully saturated rings. The van der Waals surface area contributed by atoms with Gasteiger partial charge in [-0.05, 0) is 24.5 Å². The van der Waals surface area contributed by atoms with Gasteiger partial charge in [-0.1, -0.05) is 60.1 Å². The van der Waals surface area contributed by atoms with E-state index in [1.807, 2.05) is 42.5 Å². The van der Waals surface area contributed by atoms with Crippen molar-refractivity contribution >= 4 is 22.4 Å². The van der Waals surface area contributed by atoms with Gasteiger partial charge in [-0.15, -0.1) is 10.2 Å². The van der Waals surface area contributed by atoms with Gasteiger partial charge in [0.15, 0.2) is 5.15 Å². The number of ether oxygens (including phenoxy) is 1. The third kappa shape index (κ3) is 3.31. The first-order valence-electron chi connectivity index (χ1n) is 6.92. The van der Waals surface area contributed by atoms with Gasteiger partial charge >= 0.3 is 0 Å². The van der Waals surface area contributed by atoms with Crippen molar-refractivity contribution in [2.75, 3.05) is 6.61 Å². The Labute approximate surface area is 128 Å². The second-order valence-electron chi connectivity index (χ2n) is 4.78. The van der Waals surface area contributed by atoms with E-state index < -0.39 is 0 Å². The summed E-state index contributed by atoms with van der Waals surface area (Å²) < 4.78 is 5.76. The summed E-state index contributed by atoms with van der Waals surface area (Å²) in [5.74, 6) is 0.545. The van der Waals surface area contributed by atoms with Gasteiger partial charge in [-0.3, -0.25) is 0 Å². The molecular formula is C17H15ClN2O. The van der Waals surface area contributed by atoms with Crippen LogP contribution in [-0.4, -0.2) is 16.8 Å². The molecule has 3 nitrogen and oxygen atoms in total. The van der Waals surface area contributed by atoms with E-state index in [2.05, 4.69) is 22.3 Å². The summed E-state index contributed by atoms with van der Waals surface area (Å²) in [5.41, 5.74) is 1.31.